The highest BCUT2D eigenvalue weighted by molar-refractivity contribution is 5.76. The molecule has 0 aromatic rings. The lowest BCUT2D eigenvalue weighted by atomic mass is 9.96. The lowest BCUT2D eigenvalue weighted by Gasteiger charge is -2.48. The van der Waals surface area contributed by atoms with E-state index < -0.39 is 124 Å². The van der Waals surface area contributed by atoms with Crippen LogP contribution in [0.4, 0.5) is 0 Å². The molecule has 0 aromatic heterocycles. The maximum atomic E-state index is 13.5. The van der Waals surface area contributed by atoms with Crippen molar-refractivity contribution >= 4 is 5.91 Å². The van der Waals surface area contributed by atoms with E-state index in [2.05, 4.69) is 129 Å². The van der Waals surface area contributed by atoms with Crippen molar-refractivity contribution in [3.05, 3.63) is 109 Å². The van der Waals surface area contributed by atoms with Gasteiger partial charge in [-0.1, -0.05) is 284 Å². The third-order valence-corrected chi connectivity index (χ3v) is 18.9. The molecule has 3 rings (SSSR count). The number of unbranched alkanes of at least 4 members (excludes halogenated alkanes) is 26. The van der Waals surface area contributed by atoms with E-state index in [1.54, 1.807) is 0 Å². The zero-order valence-corrected chi connectivity index (χ0v) is 61.4. The predicted octanol–water partition coefficient (Wildman–Crippen LogP) is 12.6. The molecule has 3 aliphatic heterocycles. The van der Waals surface area contributed by atoms with Crippen LogP contribution in [0, 0.1) is 0 Å². The van der Waals surface area contributed by atoms with Gasteiger partial charge in [0.1, 0.15) is 73.2 Å². The fourth-order valence-corrected chi connectivity index (χ4v) is 12.6. The molecular weight excluding hydrogens is 1270 g/mol. The highest BCUT2D eigenvalue weighted by atomic mass is 16.8. The van der Waals surface area contributed by atoms with Crippen LogP contribution in [0.3, 0.4) is 0 Å². The Hall–Kier alpha value is -3.55. The van der Waals surface area contributed by atoms with Crippen LogP contribution in [0.2, 0.25) is 0 Å². The third-order valence-electron chi connectivity index (χ3n) is 18.9. The molecule has 19 heteroatoms. The second kappa shape index (κ2) is 60.7. The van der Waals surface area contributed by atoms with Gasteiger partial charge in [-0.05, 0) is 83.5 Å². The summed E-state index contributed by atoms with van der Waals surface area (Å²) >= 11 is 0. The van der Waals surface area contributed by atoms with Crippen LogP contribution < -0.4 is 5.32 Å². The Balaban J connectivity index is 1.38. The summed E-state index contributed by atoms with van der Waals surface area (Å²) < 4.78 is 34.5. The Morgan fingerprint density at radius 1 is 0.370 bits per heavy atom. The van der Waals surface area contributed by atoms with Crippen LogP contribution in [-0.4, -0.2) is 193 Å². The maximum Gasteiger partial charge on any atom is 0.220 e. The summed E-state index contributed by atoms with van der Waals surface area (Å²) in [6, 6.07) is -0.902. The van der Waals surface area contributed by atoms with Gasteiger partial charge < -0.3 is 89.9 Å². The number of amides is 1. The van der Waals surface area contributed by atoms with Crippen molar-refractivity contribution in [1.29, 1.82) is 0 Å². The Morgan fingerprint density at radius 2 is 0.690 bits per heavy atom. The first-order valence-corrected chi connectivity index (χ1v) is 39.1. The van der Waals surface area contributed by atoms with Crippen LogP contribution >= 0.6 is 0 Å². The molecule has 0 bridgehead atoms. The molecule has 100 heavy (non-hydrogen) atoms. The number of ether oxygens (including phenoxy) is 6. The smallest absolute Gasteiger partial charge is 0.220 e. The average molecular weight is 1410 g/mol. The summed E-state index contributed by atoms with van der Waals surface area (Å²) in [6.45, 7) is 1.69. The number of aliphatic hydroxyl groups excluding tert-OH is 11. The highest BCUT2D eigenvalue weighted by Gasteiger charge is 2.54. The average Bonchev–Trinajstić information content (AvgIpc) is 0.783. The van der Waals surface area contributed by atoms with E-state index in [0.29, 0.717) is 12.8 Å². The van der Waals surface area contributed by atoms with Crippen LogP contribution in [-0.2, 0) is 33.2 Å². The van der Waals surface area contributed by atoms with Gasteiger partial charge in [-0.15, -0.1) is 0 Å². The first-order valence-electron chi connectivity index (χ1n) is 39.1. The summed E-state index contributed by atoms with van der Waals surface area (Å²) in [7, 11) is 0. The van der Waals surface area contributed by atoms with Crippen molar-refractivity contribution in [2.75, 3.05) is 26.4 Å². The summed E-state index contributed by atoms with van der Waals surface area (Å²) in [5.74, 6) is -0.256. The number of nitrogens with one attached hydrogen (secondary N) is 1. The first-order chi connectivity index (χ1) is 48.8. The van der Waals surface area contributed by atoms with Gasteiger partial charge in [-0.3, -0.25) is 4.79 Å². The lowest BCUT2D eigenvalue weighted by molar-refractivity contribution is -0.379. The Kier molecular flexibility index (Phi) is 55.0. The first kappa shape index (κ1) is 90.7. The molecular formula is C81H139NO18. The SMILES string of the molecule is CC/C=C\C/C=C\C/C=C\C/C=C\C/C=C\C/C=C\C/C=C\C/C=C\C/C=C\CCCCCCCCCC(=O)NC(COC1OC(CO)C(OC2OC(CO)C(OC3OC(CO)C(O)C(O)C3O)C(O)C2O)C(O)C1O)C(O)CCCCCCCCCCCCCCCCCCCCCC. The van der Waals surface area contributed by atoms with Gasteiger partial charge >= 0.3 is 0 Å². The van der Waals surface area contributed by atoms with Gasteiger partial charge in [-0.2, -0.15) is 0 Å². The van der Waals surface area contributed by atoms with Gasteiger partial charge in [0.15, 0.2) is 18.9 Å². The van der Waals surface area contributed by atoms with Crippen molar-refractivity contribution in [3.8, 4) is 0 Å². The van der Waals surface area contributed by atoms with Gasteiger partial charge in [0, 0.05) is 6.42 Å². The van der Waals surface area contributed by atoms with Crippen LogP contribution in [0.15, 0.2) is 109 Å². The number of hydrogen-bond acceptors (Lipinski definition) is 18. The maximum absolute atomic E-state index is 13.5. The van der Waals surface area contributed by atoms with E-state index in [9.17, 15) is 61.0 Å². The number of carbonyl (C=O) groups excluding carboxylic acids is 1. The predicted molar refractivity (Wildman–Crippen MR) is 397 cm³/mol. The van der Waals surface area contributed by atoms with Crippen LogP contribution in [0.1, 0.15) is 264 Å². The molecule has 3 heterocycles. The molecule has 0 spiro atoms. The molecule has 0 radical (unpaired) electrons. The second-order valence-electron chi connectivity index (χ2n) is 27.4. The van der Waals surface area contributed by atoms with Crippen LogP contribution in [0.25, 0.3) is 0 Å². The van der Waals surface area contributed by atoms with Crippen molar-refractivity contribution in [2.45, 2.75) is 369 Å². The minimum Gasteiger partial charge on any atom is -0.394 e. The number of carbonyl (C=O) groups is 1. The number of allylic oxidation sites excluding steroid dienone is 18. The standard InChI is InChI=1S/C81H139NO18/c1-3-5-7-9-11-13-15-17-19-21-23-25-26-27-28-29-30-31-32-33-34-35-36-37-38-39-41-43-45-47-49-51-53-55-57-59-69(87)82-64(65(86)58-56-54-52-50-48-46-44-42-40-24-22-20-18-16-14-12-10-8-6-4-2)63-95-79-75(93)72(90)77(67(61-84)97-79)100-81-76(94)73(91)78(68(62-85)98-81)99-80-74(92)71(89)70(88)66(60-83)96-80/h5,7,11,13,17,19,23,25,27-28,30-31,33-34,36-37,39,41,64-68,70-81,83-86,88-94H,3-4,6,8-10,12,14-16,18,20-22,24,26,29,32,35,38,40,42-63H2,1-2H3,(H,82,87)/b7-5-,13-11-,19-17-,25-23-,28-27-,31-30-,34-33-,37-36-,41-39-. The van der Waals surface area contributed by atoms with E-state index in [-0.39, 0.29) is 18.9 Å². The van der Waals surface area contributed by atoms with Gasteiger partial charge in [0.2, 0.25) is 5.91 Å². The van der Waals surface area contributed by atoms with Crippen molar-refractivity contribution in [1.82, 2.24) is 5.32 Å². The van der Waals surface area contributed by atoms with E-state index in [4.69, 9.17) is 28.4 Å². The second-order valence-corrected chi connectivity index (χ2v) is 27.4. The molecule has 3 saturated heterocycles. The minimum atomic E-state index is -1.98. The molecule has 3 fully saturated rings. The van der Waals surface area contributed by atoms with Gasteiger partial charge in [-0.25, -0.2) is 0 Å². The van der Waals surface area contributed by atoms with Crippen molar-refractivity contribution < 1.29 is 89.4 Å². The monoisotopic (exact) mass is 1410 g/mol. The summed E-state index contributed by atoms with van der Waals surface area (Å²) in [6.07, 6.45) is 55.9. The molecule has 1 amide bonds. The van der Waals surface area contributed by atoms with E-state index in [1.807, 2.05) is 0 Å². The summed E-state index contributed by atoms with van der Waals surface area (Å²) in [5, 5.41) is 121. The Morgan fingerprint density at radius 3 is 1.08 bits per heavy atom. The van der Waals surface area contributed by atoms with Gasteiger partial charge in [0.25, 0.3) is 0 Å². The molecule has 576 valence electrons. The Bertz CT molecular complexity index is 2230. The molecule has 3 aliphatic rings. The largest absolute Gasteiger partial charge is 0.394 e. The molecule has 0 saturated carbocycles. The third kappa shape index (κ3) is 40.6. The molecule has 17 unspecified atom stereocenters. The molecule has 17 atom stereocenters. The zero-order valence-electron chi connectivity index (χ0n) is 61.4. The summed E-state index contributed by atoms with van der Waals surface area (Å²) in [5.41, 5.74) is 0. The fraction of sp³-hybridized carbons (Fsp3) is 0.765. The van der Waals surface area contributed by atoms with Crippen molar-refractivity contribution in [3.63, 3.8) is 0 Å². The number of aliphatic hydroxyl groups is 11. The molecule has 0 aromatic carbocycles. The summed E-state index contributed by atoms with van der Waals surface area (Å²) in [4.78, 5) is 13.5. The topological polar surface area (TPSA) is 307 Å². The van der Waals surface area contributed by atoms with E-state index >= 15 is 0 Å². The van der Waals surface area contributed by atoms with E-state index in [1.165, 1.54) is 103 Å². The molecule has 0 aliphatic carbocycles. The zero-order chi connectivity index (χ0) is 72.5. The van der Waals surface area contributed by atoms with Gasteiger partial charge in [0.05, 0.1) is 38.6 Å². The quantitative estimate of drug-likeness (QED) is 0.0199. The van der Waals surface area contributed by atoms with Crippen molar-refractivity contribution in [2.24, 2.45) is 0 Å². The highest BCUT2D eigenvalue weighted by Crippen LogP contribution is 2.33. The lowest BCUT2D eigenvalue weighted by Crippen LogP contribution is -2.66. The fourth-order valence-electron chi connectivity index (χ4n) is 12.6. The molecule has 12 N–H and O–H groups in total. The number of hydrogen-bond donors (Lipinski definition) is 12. The number of rotatable bonds is 60. The van der Waals surface area contributed by atoms with Crippen LogP contribution in [0.5, 0.6) is 0 Å². The Labute approximate surface area is 602 Å². The van der Waals surface area contributed by atoms with E-state index in [0.717, 1.165) is 128 Å². The minimum absolute atomic E-state index is 0.247. The normalized spacial score (nSPS) is 27.1. The molecule has 19 nitrogen and oxygen atoms in total.